The number of aromatic nitrogens is 2. The van der Waals surface area contributed by atoms with Crippen molar-refractivity contribution in [1.82, 2.24) is 18.2 Å². The SMILES string of the molecule is Cc1ccc(CS(=O)(=O)N2CCCN(S(=O)(=O)c3cn(C)cn3)CC2)cc1. The molecule has 1 aliphatic rings. The number of hydrogen-bond donors (Lipinski definition) is 0. The van der Waals surface area contributed by atoms with Crippen LogP contribution in [0.5, 0.6) is 0 Å². The van der Waals surface area contributed by atoms with Gasteiger partial charge in [0.2, 0.25) is 10.0 Å². The van der Waals surface area contributed by atoms with E-state index in [2.05, 4.69) is 4.98 Å². The Bertz CT molecular complexity index is 998. The minimum atomic E-state index is -3.72. The number of hydrogen-bond acceptors (Lipinski definition) is 5. The predicted molar refractivity (Wildman–Crippen MR) is 102 cm³/mol. The Labute approximate surface area is 160 Å². The van der Waals surface area contributed by atoms with Gasteiger partial charge in [-0.25, -0.2) is 26.1 Å². The monoisotopic (exact) mass is 412 g/mol. The van der Waals surface area contributed by atoms with Gasteiger partial charge in [0.1, 0.15) is 0 Å². The predicted octanol–water partition coefficient (Wildman–Crippen LogP) is 0.955. The molecule has 0 bridgehead atoms. The van der Waals surface area contributed by atoms with Gasteiger partial charge in [0, 0.05) is 39.4 Å². The molecule has 2 heterocycles. The van der Waals surface area contributed by atoms with Crippen LogP contribution in [0, 0.1) is 6.92 Å². The van der Waals surface area contributed by atoms with Crippen molar-refractivity contribution < 1.29 is 16.8 Å². The van der Waals surface area contributed by atoms with Gasteiger partial charge in [-0.15, -0.1) is 0 Å². The Morgan fingerprint density at radius 2 is 1.59 bits per heavy atom. The van der Waals surface area contributed by atoms with Gasteiger partial charge in [0.25, 0.3) is 10.0 Å². The molecule has 1 aromatic carbocycles. The minimum Gasteiger partial charge on any atom is -0.339 e. The zero-order chi connectivity index (χ0) is 19.7. The second kappa shape index (κ2) is 7.70. The van der Waals surface area contributed by atoms with E-state index in [1.54, 1.807) is 11.6 Å². The minimum absolute atomic E-state index is 0.0130. The number of benzene rings is 1. The van der Waals surface area contributed by atoms with Gasteiger partial charge >= 0.3 is 0 Å². The second-order valence-electron chi connectivity index (χ2n) is 6.78. The molecular weight excluding hydrogens is 388 g/mol. The highest BCUT2D eigenvalue weighted by Gasteiger charge is 2.32. The topological polar surface area (TPSA) is 92.6 Å². The first-order valence-electron chi connectivity index (χ1n) is 8.70. The molecule has 1 fully saturated rings. The maximum absolute atomic E-state index is 12.8. The van der Waals surface area contributed by atoms with Gasteiger partial charge in [0.05, 0.1) is 12.1 Å². The zero-order valence-electron chi connectivity index (χ0n) is 15.4. The summed E-state index contributed by atoms with van der Waals surface area (Å²) in [5.41, 5.74) is 1.80. The molecule has 10 heteroatoms. The van der Waals surface area contributed by atoms with Crippen LogP contribution in [0.1, 0.15) is 17.5 Å². The molecule has 8 nitrogen and oxygen atoms in total. The summed E-state index contributed by atoms with van der Waals surface area (Å²) in [4.78, 5) is 3.93. The van der Waals surface area contributed by atoms with E-state index in [1.807, 2.05) is 31.2 Å². The van der Waals surface area contributed by atoms with E-state index in [9.17, 15) is 16.8 Å². The van der Waals surface area contributed by atoms with Crippen LogP contribution < -0.4 is 0 Å². The zero-order valence-corrected chi connectivity index (χ0v) is 17.1. The van der Waals surface area contributed by atoms with E-state index < -0.39 is 20.0 Å². The largest absolute Gasteiger partial charge is 0.339 e. The quantitative estimate of drug-likeness (QED) is 0.729. The van der Waals surface area contributed by atoms with E-state index >= 15 is 0 Å². The Balaban J connectivity index is 1.71. The summed E-state index contributed by atoms with van der Waals surface area (Å²) in [6.07, 6.45) is 3.33. The first-order valence-corrected chi connectivity index (χ1v) is 11.7. The Morgan fingerprint density at radius 3 is 2.22 bits per heavy atom. The summed E-state index contributed by atoms with van der Waals surface area (Å²) in [6.45, 7) is 2.79. The average Bonchev–Trinajstić information content (AvgIpc) is 2.89. The van der Waals surface area contributed by atoms with Gasteiger partial charge in [-0.05, 0) is 18.9 Å². The van der Waals surface area contributed by atoms with Crippen molar-refractivity contribution in [2.24, 2.45) is 7.05 Å². The standard InChI is InChI=1S/C17H24N4O4S2/c1-15-4-6-16(7-5-15)13-26(22,23)20-8-3-9-21(11-10-20)27(24,25)17-12-19(2)14-18-17/h4-7,12,14H,3,8-11,13H2,1-2H3. The molecular formula is C17H24N4O4S2. The van der Waals surface area contributed by atoms with Crippen LogP contribution in [0.25, 0.3) is 0 Å². The van der Waals surface area contributed by atoms with Crippen molar-refractivity contribution in [2.75, 3.05) is 26.2 Å². The number of aryl methyl sites for hydroxylation is 2. The Kier molecular flexibility index (Phi) is 5.71. The highest BCUT2D eigenvalue weighted by Crippen LogP contribution is 2.19. The van der Waals surface area contributed by atoms with E-state index in [-0.39, 0.29) is 30.4 Å². The van der Waals surface area contributed by atoms with Crippen LogP contribution in [0.2, 0.25) is 0 Å². The molecule has 3 rings (SSSR count). The molecule has 148 valence electrons. The Hall–Kier alpha value is -1.75. The third-order valence-electron chi connectivity index (χ3n) is 4.56. The van der Waals surface area contributed by atoms with Crippen LogP contribution in [0.15, 0.2) is 41.8 Å². The van der Waals surface area contributed by atoms with Gasteiger partial charge in [-0.2, -0.15) is 4.31 Å². The van der Waals surface area contributed by atoms with Crippen LogP contribution in [-0.4, -0.2) is 61.2 Å². The van der Waals surface area contributed by atoms with Crippen molar-refractivity contribution in [3.63, 3.8) is 0 Å². The molecule has 1 aliphatic heterocycles. The number of nitrogens with zero attached hydrogens (tertiary/aromatic N) is 4. The summed E-state index contributed by atoms with van der Waals surface area (Å²) in [5.74, 6) is -0.0831. The van der Waals surface area contributed by atoms with Gasteiger partial charge in [0.15, 0.2) is 5.03 Å². The van der Waals surface area contributed by atoms with Crippen LogP contribution in [-0.2, 0) is 32.8 Å². The summed E-state index contributed by atoms with van der Waals surface area (Å²) in [7, 11) is -5.52. The fraction of sp³-hybridized carbons (Fsp3) is 0.471. The third-order valence-corrected chi connectivity index (χ3v) is 8.20. The molecule has 1 saturated heterocycles. The highest BCUT2D eigenvalue weighted by atomic mass is 32.2. The number of rotatable bonds is 5. The van der Waals surface area contributed by atoms with Crippen LogP contribution in [0.3, 0.4) is 0 Å². The van der Waals surface area contributed by atoms with Gasteiger partial charge < -0.3 is 4.57 Å². The fourth-order valence-electron chi connectivity index (χ4n) is 3.03. The van der Waals surface area contributed by atoms with Crippen LogP contribution >= 0.6 is 0 Å². The van der Waals surface area contributed by atoms with Gasteiger partial charge in [-0.3, -0.25) is 0 Å². The van der Waals surface area contributed by atoms with E-state index in [4.69, 9.17) is 0 Å². The molecule has 0 spiro atoms. The summed E-state index contributed by atoms with van der Waals surface area (Å²) >= 11 is 0. The van der Waals surface area contributed by atoms with E-state index in [0.29, 0.717) is 13.0 Å². The molecule has 0 atom stereocenters. The third kappa shape index (κ3) is 4.57. The lowest BCUT2D eigenvalue weighted by Crippen LogP contribution is -2.37. The molecule has 2 aromatic rings. The first-order chi connectivity index (χ1) is 12.7. The Morgan fingerprint density at radius 1 is 0.963 bits per heavy atom. The fourth-order valence-corrected chi connectivity index (χ4v) is 6.03. The number of imidazole rings is 1. The molecule has 0 amide bonds. The van der Waals surface area contributed by atoms with Crippen molar-refractivity contribution >= 4 is 20.0 Å². The van der Waals surface area contributed by atoms with Crippen molar-refractivity contribution in [3.05, 3.63) is 47.9 Å². The van der Waals surface area contributed by atoms with Crippen molar-refractivity contribution in [3.8, 4) is 0 Å². The molecule has 0 saturated carbocycles. The van der Waals surface area contributed by atoms with E-state index in [0.717, 1.165) is 11.1 Å². The second-order valence-corrected chi connectivity index (χ2v) is 10.6. The summed E-state index contributed by atoms with van der Waals surface area (Å²) in [6, 6.07) is 7.38. The molecule has 27 heavy (non-hydrogen) atoms. The maximum atomic E-state index is 12.8. The molecule has 0 unspecified atom stereocenters. The maximum Gasteiger partial charge on any atom is 0.262 e. The summed E-state index contributed by atoms with van der Waals surface area (Å²) in [5, 5.41) is -0.0130. The highest BCUT2D eigenvalue weighted by molar-refractivity contribution is 7.89. The van der Waals surface area contributed by atoms with E-state index in [1.165, 1.54) is 21.1 Å². The average molecular weight is 413 g/mol. The number of sulfonamides is 2. The summed E-state index contributed by atoms with van der Waals surface area (Å²) < 4.78 is 55.2. The molecule has 0 aliphatic carbocycles. The lowest BCUT2D eigenvalue weighted by Gasteiger charge is -2.21. The molecule has 1 aromatic heterocycles. The van der Waals surface area contributed by atoms with Gasteiger partial charge in [-0.1, -0.05) is 29.8 Å². The first kappa shape index (κ1) is 20.0. The van der Waals surface area contributed by atoms with Crippen LogP contribution in [0.4, 0.5) is 0 Å². The normalized spacial score (nSPS) is 17.7. The van der Waals surface area contributed by atoms with Crippen molar-refractivity contribution in [2.45, 2.75) is 24.1 Å². The smallest absolute Gasteiger partial charge is 0.262 e. The van der Waals surface area contributed by atoms with Crippen molar-refractivity contribution in [1.29, 1.82) is 0 Å². The molecule has 0 N–H and O–H groups in total. The lowest BCUT2D eigenvalue weighted by molar-refractivity contribution is 0.403. The molecule has 0 radical (unpaired) electrons. The lowest BCUT2D eigenvalue weighted by atomic mass is 10.2.